The minimum absolute atomic E-state index is 0.253. The third-order valence-corrected chi connectivity index (χ3v) is 4.06. The molecule has 1 spiro atoms. The predicted molar refractivity (Wildman–Crippen MR) is 63.7 cm³/mol. The van der Waals surface area contributed by atoms with Gasteiger partial charge in [-0.2, -0.15) is 0 Å². The highest BCUT2D eigenvalue weighted by molar-refractivity contribution is 5.83. The minimum Gasteiger partial charge on any atom is -0.332 e. The molecule has 1 heterocycles. The number of rotatable bonds is 3. The third-order valence-electron chi connectivity index (χ3n) is 4.06. The number of nitrogens with one attached hydrogen (secondary N) is 1. The molecular formula is C13H20N2O. The summed E-state index contributed by atoms with van der Waals surface area (Å²) in [7, 11) is 0. The van der Waals surface area contributed by atoms with Crippen molar-refractivity contribution in [3.05, 3.63) is 0 Å². The van der Waals surface area contributed by atoms with Gasteiger partial charge in [0.1, 0.15) is 0 Å². The highest BCUT2D eigenvalue weighted by Crippen LogP contribution is 2.59. The van der Waals surface area contributed by atoms with E-state index in [-0.39, 0.29) is 11.8 Å². The molecular weight excluding hydrogens is 200 g/mol. The van der Waals surface area contributed by atoms with Crippen molar-refractivity contribution in [1.82, 2.24) is 10.2 Å². The van der Waals surface area contributed by atoms with Crippen molar-refractivity contribution >= 4 is 5.91 Å². The molecule has 0 aromatic heterocycles. The Morgan fingerprint density at radius 3 is 2.81 bits per heavy atom. The molecule has 1 aliphatic carbocycles. The zero-order chi connectivity index (χ0) is 11.6. The number of nitrogens with zero attached hydrogens (tertiary/aromatic N) is 1. The highest BCUT2D eigenvalue weighted by Gasteiger charge is 2.58. The van der Waals surface area contributed by atoms with Crippen molar-refractivity contribution in [2.24, 2.45) is 11.3 Å². The topological polar surface area (TPSA) is 32.3 Å². The van der Waals surface area contributed by atoms with Gasteiger partial charge in [-0.3, -0.25) is 4.79 Å². The van der Waals surface area contributed by atoms with Crippen molar-refractivity contribution in [3.63, 3.8) is 0 Å². The fourth-order valence-electron chi connectivity index (χ4n) is 2.85. The third kappa shape index (κ3) is 1.94. The molecule has 0 radical (unpaired) electrons. The van der Waals surface area contributed by atoms with Crippen LogP contribution >= 0.6 is 0 Å². The van der Waals surface area contributed by atoms with Gasteiger partial charge in [0, 0.05) is 12.5 Å². The molecule has 1 N–H and O–H groups in total. The van der Waals surface area contributed by atoms with Crippen LogP contribution in [-0.2, 0) is 4.79 Å². The maximum absolute atomic E-state index is 12.2. The summed E-state index contributed by atoms with van der Waals surface area (Å²) in [6, 6.07) is 0. The van der Waals surface area contributed by atoms with Gasteiger partial charge >= 0.3 is 0 Å². The Bertz CT molecular complexity index is 312. The number of carbonyl (C=O) groups excluding carboxylic acids is 1. The lowest BCUT2D eigenvalue weighted by atomic mass is 9.91. The molecule has 2 fully saturated rings. The zero-order valence-corrected chi connectivity index (χ0v) is 9.96. The van der Waals surface area contributed by atoms with Gasteiger partial charge in [0.15, 0.2) is 0 Å². The summed E-state index contributed by atoms with van der Waals surface area (Å²) in [6.07, 6.45) is 8.66. The second-order valence-electron chi connectivity index (χ2n) is 4.93. The summed E-state index contributed by atoms with van der Waals surface area (Å²) in [4.78, 5) is 14.0. The zero-order valence-electron chi connectivity index (χ0n) is 9.96. The molecule has 2 rings (SSSR count). The molecule has 1 saturated carbocycles. The smallest absolute Gasteiger partial charge is 0.227 e. The molecule has 1 aliphatic heterocycles. The monoisotopic (exact) mass is 220 g/mol. The Balaban J connectivity index is 1.94. The number of terminal acetylenes is 1. The van der Waals surface area contributed by atoms with E-state index in [1.807, 2.05) is 6.92 Å². The van der Waals surface area contributed by atoms with Gasteiger partial charge in [0.25, 0.3) is 0 Å². The highest BCUT2D eigenvalue weighted by atomic mass is 16.2. The molecule has 16 heavy (non-hydrogen) atoms. The van der Waals surface area contributed by atoms with Crippen LogP contribution in [0.5, 0.6) is 0 Å². The number of amides is 1. The van der Waals surface area contributed by atoms with Crippen LogP contribution in [0.25, 0.3) is 0 Å². The molecule has 88 valence electrons. The first kappa shape index (κ1) is 11.5. The van der Waals surface area contributed by atoms with Crippen LogP contribution in [0.4, 0.5) is 0 Å². The fourth-order valence-corrected chi connectivity index (χ4v) is 2.85. The molecule has 3 nitrogen and oxygen atoms in total. The van der Waals surface area contributed by atoms with E-state index in [1.165, 1.54) is 0 Å². The largest absolute Gasteiger partial charge is 0.332 e. The lowest BCUT2D eigenvalue weighted by Gasteiger charge is -2.25. The molecule has 2 aliphatic rings. The van der Waals surface area contributed by atoms with Crippen molar-refractivity contribution in [3.8, 4) is 12.3 Å². The van der Waals surface area contributed by atoms with Crippen LogP contribution in [0, 0.1) is 23.7 Å². The molecule has 0 aromatic rings. The van der Waals surface area contributed by atoms with E-state index < -0.39 is 0 Å². The number of hydrogen-bond donors (Lipinski definition) is 1. The summed E-state index contributed by atoms with van der Waals surface area (Å²) in [5.74, 6) is 3.10. The lowest BCUT2D eigenvalue weighted by Crippen LogP contribution is -2.36. The maximum atomic E-state index is 12.2. The van der Waals surface area contributed by atoms with Crippen LogP contribution in [0.15, 0.2) is 0 Å². The first-order valence-corrected chi connectivity index (χ1v) is 6.16. The predicted octanol–water partition coefficient (Wildman–Crippen LogP) is 0.858. The van der Waals surface area contributed by atoms with Gasteiger partial charge in [0.2, 0.25) is 5.91 Å². The van der Waals surface area contributed by atoms with Gasteiger partial charge in [0.05, 0.1) is 6.54 Å². The van der Waals surface area contributed by atoms with Crippen molar-refractivity contribution in [1.29, 1.82) is 0 Å². The van der Waals surface area contributed by atoms with E-state index in [0.717, 1.165) is 38.9 Å². The second kappa shape index (κ2) is 4.47. The Morgan fingerprint density at radius 2 is 2.25 bits per heavy atom. The Labute approximate surface area is 97.6 Å². The molecule has 1 atom stereocenters. The van der Waals surface area contributed by atoms with E-state index in [0.29, 0.717) is 12.0 Å². The average molecular weight is 220 g/mol. The lowest BCUT2D eigenvalue weighted by molar-refractivity contribution is -0.132. The van der Waals surface area contributed by atoms with Crippen LogP contribution in [0.3, 0.4) is 0 Å². The Hall–Kier alpha value is -1.01. The Morgan fingerprint density at radius 1 is 1.56 bits per heavy atom. The number of hydrogen-bond acceptors (Lipinski definition) is 2. The van der Waals surface area contributed by atoms with Gasteiger partial charge < -0.3 is 10.2 Å². The van der Waals surface area contributed by atoms with Gasteiger partial charge in [-0.15, -0.1) is 6.42 Å². The molecule has 0 aromatic carbocycles. The van der Waals surface area contributed by atoms with Crippen LogP contribution in [-0.4, -0.2) is 37.0 Å². The van der Waals surface area contributed by atoms with E-state index in [4.69, 9.17) is 6.42 Å². The molecule has 1 amide bonds. The first-order chi connectivity index (χ1) is 7.73. The van der Waals surface area contributed by atoms with Crippen LogP contribution < -0.4 is 5.32 Å². The average Bonchev–Trinajstić information content (AvgIpc) is 3.00. The van der Waals surface area contributed by atoms with Gasteiger partial charge in [-0.1, -0.05) is 5.92 Å². The maximum Gasteiger partial charge on any atom is 0.227 e. The summed E-state index contributed by atoms with van der Waals surface area (Å²) >= 11 is 0. The first-order valence-electron chi connectivity index (χ1n) is 6.16. The number of carbonyl (C=O) groups is 1. The summed E-state index contributed by atoms with van der Waals surface area (Å²) < 4.78 is 0. The molecule has 1 unspecified atom stereocenters. The molecule has 0 bridgehead atoms. The summed E-state index contributed by atoms with van der Waals surface area (Å²) in [5.41, 5.74) is 0.324. The normalized spacial score (nSPS) is 26.1. The van der Waals surface area contributed by atoms with Gasteiger partial charge in [-0.05, 0) is 44.7 Å². The SMILES string of the molecule is C#CCN(CC)C(=O)C1CC12CCNCC2. The summed E-state index contributed by atoms with van der Waals surface area (Å²) in [5, 5.41) is 3.35. The quantitative estimate of drug-likeness (QED) is 0.715. The number of piperidine rings is 1. The van der Waals surface area contributed by atoms with Crippen LogP contribution in [0.2, 0.25) is 0 Å². The van der Waals surface area contributed by atoms with E-state index in [9.17, 15) is 4.79 Å². The summed E-state index contributed by atoms with van der Waals surface area (Å²) in [6.45, 7) is 5.30. The fraction of sp³-hybridized carbons (Fsp3) is 0.769. The van der Waals surface area contributed by atoms with Crippen molar-refractivity contribution in [2.45, 2.75) is 26.2 Å². The van der Waals surface area contributed by atoms with Crippen molar-refractivity contribution < 1.29 is 4.79 Å². The minimum atomic E-state index is 0.253. The Kier molecular flexibility index (Phi) is 3.20. The molecule has 1 saturated heterocycles. The standard InChI is InChI=1S/C13H20N2O/c1-3-9-15(4-2)12(16)11-10-13(11)5-7-14-8-6-13/h1,11,14H,4-10H2,2H3. The van der Waals surface area contributed by atoms with E-state index in [1.54, 1.807) is 4.90 Å². The second-order valence-corrected chi connectivity index (χ2v) is 4.93. The van der Waals surface area contributed by atoms with E-state index in [2.05, 4.69) is 11.2 Å². The van der Waals surface area contributed by atoms with Gasteiger partial charge in [-0.25, -0.2) is 0 Å². The van der Waals surface area contributed by atoms with Crippen molar-refractivity contribution in [2.75, 3.05) is 26.2 Å². The van der Waals surface area contributed by atoms with E-state index >= 15 is 0 Å². The van der Waals surface area contributed by atoms with Crippen LogP contribution in [0.1, 0.15) is 26.2 Å². The molecule has 3 heteroatoms.